The Labute approximate surface area is 172 Å². The molecule has 0 aliphatic rings. The fraction of sp³-hybridized carbons (Fsp3) is 0.316. The van der Waals surface area contributed by atoms with Gasteiger partial charge in [0.25, 0.3) is 0 Å². The van der Waals surface area contributed by atoms with E-state index in [-0.39, 0.29) is 10.6 Å². The van der Waals surface area contributed by atoms with Crippen LogP contribution < -0.4 is 9.62 Å². The second kappa shape index (κ2) is 8.93. The number of benzene rings is 2. The summed E-state index contributed by atoms with van der Waals surface area (Å²) in [5.41, 5.74) is 1.76. The number of carbonyl (C=O) groups excluding carboxylic acids is 1. The molecule has 0 saturated heterocycles. The predicted octanol–water partition coefficient (Wildman–Crippen LogP) is 1.90. The van der Waals surface area contributed by atoms with Crippen LogP contribution in [0.15, 0.2) is 53.4 Å². The molecular formula is C19H25N3O5S2. The number of amides is 1. The Morgan fingerprint density at radius 1 is 0.966 bits per heavy atom. The molecule has 0 unspecified atom stereocenters. The molecule has 29 heavy (non-hydrogen) atoms. The molecule has 0 radical (unpaired) electrons. The number of rotatable bonds is 8. The van der Waals surface area contributed by atoms with E-state index in [1.807, 2.05) is 19.1 Å². The van der Waals surface area contributed by atoms with E-state index >= 15 is 0 Å². The van der Waals surface area contributed by atoms with Crippen LogP contribution in [0, 0.1) is 0 Å². The first-order valence-electron chi connectivity index (χ1n) is 8.85. The molecule has 8 nitrogen and oxygen atoms in total. The number of nitrogens with zero attached hydrogens (tertiary/aromatic N) is 2. The van der Waals surface area contributed by atoms with Crippen LogP contribution >= 0.6 is 0 Å². The van der Waals surface area contributed by atoms with Crippen molar-refractivity contribution in [2.45, 2.75) is 18.2 Å². The highest BCUT2D eigenvalue weighted by Gasteiger charge is 2.23. The average molecular weight is 440 g/mol. The lowest BCUT2D eigenvalue weighted by atomic mass is 10.1. The van der Waals surface area contributed by atoms with Crippen molar-refractivity contribution in [2.75, 3.05) is 36.5 Å². The molecule has 1 amide bonds. The summed E-state index contributed by atoms with van der Waals surface area (Å²) < 4.78 is 50.9. The molecule has 2 aromatic carbocycles. The molecule has 0 aliphatic carbocycles. The molecule has 158 valence electrons. The molecule has 2 rings (SSSR count). The highest BCUT2D eigenvalue weighted by molar-refractivity contribution is 7.92. The summed E-state index contributed by atoms with van der Waals surface area (Å²) in [5.74, 6) is -0.499. The Bertz CT molecular complexity index is 1080. The zero-order valence-electron chi connectivity index (χ0n) is 16.8. The summed E-state index contributed by atoms with van der Waals surface area (Å²) in [4.78, 5) is 12.5. The minimum absolute atomic E-state index is 0.0287. The molecule has 0 spiro atoms. The molecule has 0 heterocycles. The van der Waals surface area contributed by atoms with Crippen LogP contribution in [-0.4, -0.2) is 53.9 Å². The van der Waals surface area contributed by atoms with E-state index in [1.54, 1.807) is 12.1 Å². The Morgan fingerprint density at radius 2 is 1.55 bits per heavy atom. The number of anilines is 2. The van der Waals surface area contributed by atoms with Gasteiger partial charge in [0.1, 0.15) is 6.54 Å². The van der Waals surface area contributed by atoms with Gasteiger partial charge in [-0.1, -0.05) is 25.1 Å². The standard InChI is InChI=1S/C19H25N3O5S2/c1-5-15-8-6-7-9-18(15)20-19(23)14-22(28(4,24)25)16-10-12-17(13-11-16)29(26,27)21(2)3/h6-13H,5,14H2,1-4H3,(H,20,23). The van der Waals surface area contributed by atoms with Gasteiger partial charge in [-0.25, -0.2) is 21.1 Å². The third kappa shape index (κ3) is 5.55. The van der Waals surface area contributed by atoms with E-state index in [1.165, 1.54) is 38.4 Å². The van der Waals surface area contributed by atoms with E-state index in [0.29, 0.717) is 12.1 Å². The van der Waals surface area contributed by atoms with Crippen molar-refractivity contribution in [1.82, 2.24) is 4.31 Å². The normalized spacial score (nSPS) is 12.0. The van der Waals surface area contributed by atoms with Crippen LogP contribution in [0.5, 0.6) is 0 Å². The molecular weight excluding hydrogens is 414 g/mol. The fourth-order valence-electron chi connectivity index (χ4n) is 2.67. The zero-order valence-corrected chi connectivity index (χ0v) is 18.4. The molecule has 0 aliphatic heterocycles. The Balaban J connectivity index is 2.28. The predicted molar refractivity (Wildman–Crippen MR) is 114 cm³/mol. The number of carbonyl (C=O) groups is 1. The zero-order chi connectivity index (χ0) is 21.8. The van der Waals surface area contributed by atoms with Gasteiger partial charge in [-0.15, -0.1) is 0 Å². The second-order valence-corrected chi connectivity index (χ2v) is 10.7. The molecule has 0 bridgehead atoms. The summed E-state index contributed by atoms with van der Waals surface area (Å²) in [6, 6.07) is 12.6. The van der Waals surface area contributed by atoms with Crippen LogP contribution in [0.2, 0.25) is 0 Å². The largest absolute Gasteiger partial charge is 0.324 e. The van der Waals surface area contributed by atoms with Crippen LogP contribution in [0.1, 0.15) is 12.5 Å². The number of aryl methyl sites for hydroxylation is 1. The maximum Gasteiger partial charge on any atom is 0.245 e. The summed E-state index contributed by atoms with van der Waals surface area (Å²) in [6.07, 6.45) is 1.71. The van der Waals surface area contributed by atoms with Crippen molar-refractivity contribution < 1.29 is 21.6 Å². The topological polar surface area (TPSA) is 104 Å². The van der Waals surface area contributed by atoms with Crippen LogP contribution in [0.25, 0.3) is 0 Å². The van der Waals surface area contributed by atoms with Gasteiger partial charge in [0.15, 0.2) is 0 Å². The third-order valence-electron chi connectivity index (χ3n) is 4.26. The average Bonchev–Trinajstić information content (AvgIpc) is 2.65. The highest BCUT2D eigenvalue weighted by Crippen LogP contribution is 2.22. The van der Waals surface area contributed by atoms with E-state index in [9.17, 15) is 21.6 Å². The first-order chi connectivity index (χ1) is 13.5. The Kier molecular flexibility index (Phi) is 7.04. The van der Waals surface area contributed by atoms with Gasteiger partial charge in [-0.3, -0.25) is 9.10 Å². The maximum atomic E-state index is 12.5. The molecule has 0 saturated carbocycles. The van der Waals surface area contributed by atoms with Crippen molar-refractivity contribution >= 4 is 37.3 Å². The molecule has 0 atom stereocenters. The lowest BCUT2D eigenvalue weighted by Crippen LogP contribution is -2.37. The first kappa shape index (κ1) is 22.9. The van der Waals surface area contributed by atoms with Crippen LogP contribution in [-0.2, 0) is 31.3 Å². The van der Waals surface area contributed by atoms with Gasteiger partial charge in [-0.2, -0.15) is 0 Å². The number of sulfonamides is 2. The Hall–Kier alpha value is -2.43. The molecule has 2 aromatic rings. The van der Waals surface area contributed by atoms with Gasteiger partial charge < -0.3 is 5.32 Å². The highest BCUT2D eigenvalue weighted by atomic mass is 32.2. The second-order valence-electron chi connectivity index (χ2n) is 6.61. The Morgan fingerprint density at radius 3 is 2.07 bits per heavy atom. The lowest BCUT2D eigenvalue weighted by Gasteiger charge is -2.22. The van der Waals surface area contributed by atoms with E-state index in [2.05, 4.69) is 5.32 Å². The number of hydrogen-bond donors (Lipinski definition) is 1. The minimum atomic E-state index is -3.77. The van der Waals surface area contributed by atoms with E-state index in [4.69, 9.17) is 0 Å². The number of hydrogen-bond acceptors (Lipinski definition) is 5. The lowest BCUT2D eigenvalue weighted by molar-refractivity contribution is -0.114. The summed E-state index contributed by atoms with van der Waals surface area (Å²) >= 11 is 0. The summed E-state index contributed by atoms with van der Waals surface area (Å²) in [5, 5.41) is 2.74. The minimum Gasteiger partial charge on any atom is -0.324 e. The molecule has 1 N–H and O–H groups in total. The molecule has 0 aromatic heterocycles. The molecule has 10 heteroatoms. The van der Waals surface area contributed by atoms with Crippen molar-refractivity contribution in [3.63, 3.8) is 0 Å². The fourth-order valence-corrected chi connectivity index (χ4v) is 4.42. The monoisotopic (exact) mass is 439 g/mol. The van der Waals surface area contributed by atoms with Crippen LogP contribution in [0.3, 0.4) is 0 Å². The smallest absolute Gasteiger partial charge is 0.245 e. The molecule has 0 fully saturated rings. The third-order valence-corrected chi connectivity index (χ3v) is 7.23. The number of nitrogens with one attached hydrogen (secondary N) is 1. The SMILES string of the molecule is CCc1ccccc1NC(=O)CN(c1ccc(S(=O)(=O)N(C)C)cc1)S(C)(=O)=O. The maximum absolute atomic E-state index is 12.5. The van der Waals surface area contributed by atoms with E-state index < -0.39 is 32.5 Å². The first-order valence-corrected chi connectivity index (χ1v) is 12.1. The van der Waals surface area contributed by atoms with Gasteiger partial charge in [0.2, 0.25) is 26.0 Å². The van der Waals surface area contributed by atoms with Crippen LogP contribution in [0.4, 0.5) is 11.4 Å². The van der Waals surface area contributed by atoms with Gasteiger partial charge in [0.05, 0.1) is 16.8 Å². The van der Waals surface area contributed by atoms with Crippen molar-refractivity contribution in [3.05, 3.63) is 54.1 Å². The van der Waals surface area contributed by atoms with Crippen molar-refractivity contribution in [3.8, 4) is 0 Å². The van der Waals surface area contributed by atoms with E-state index in [0.717, 1.165) is 20.4 Å². The quantitative estimate of drug-likeness (QED) is 0.677. The van der Waals surface area contributed by atoms with Gasteiger partial charge in [-0.05, 0) is 42.3 Å². The summed E-state index contributed by atoms with van der Waals surface area (Å²) in [7, 11) is -4.60. The van der Waals surface area contributed by atoms with Crippen molar-refractivity contribution in [2.24, 2.45) is 0 Å². The number of para-hydroxylation sites is 1. The summed E-state index contributed by atoms with van der Waals surface area (Å²) in [6.45, 7) is 1.52. The van der Waals surface area contributed by atoms with Crippen molar-refractivity contribution in [1.29, 1.82) is 0 Å². The van der Waals surface area contributed by atoms with Gasteiger partial charge in [0, 0.05) is 19.8 Å². The van der Waals surface area contributed by atoms with Gasteiger partial charge >= 0.3 is 0 Å².